The third-order valence-corrected chi connectivity index (χ3v) is 3.66. The molecule has 0 saturated heterocycles. The molecule has 0 saturated carbocycles. The number of carbonyl (C=O) groups is 1. The first kappa shape index (κ1) is 17.1. The zero-order valence-corrected chi connectivity index (χ0v) is 14.3. The lowest BCUT2D eigenvalue weighted by Gasteiger charge is -2.16. The quantitative estimate of drug-likeness (QED) is 0.875. The Balaban J connectivity index is 2.17. The maximum Gasteiger partial charge on any atom is 0.257 e. The second-order valence-corrected chi connectivity index (χ2v) is 5.86. The molecule has 1 atom stereocenters. The molecule has 0 aliphatic carbocycles. The Bertz CT molecular complexity index is 677. The Hall–Kier alpha value is -2.30. The maximum atomic E-state index is 12.6. The summed E-state index contributed by atoms with van der Waals surface area (Å²) in [5, 5.41) is 6.93. The predicted octanol–water partition coefficient (Wildman–Crippen LogP) is 4.00. The van der Waals surface area contributed by atoms with Gasteiger partial charge in [-0.05, 0) is 38.5 Å². The number of nitrogens with one attached hydrogen (secondary N) is 1. The summed E-state index contributed by atoms with van der Waals surface area (Å²) < 4.78 is 10.8. The SMILES string of the molecule is CCOc1cccc([C@@H](C)NC(=O)c2c(C)noc2C(C)C)c1. The van der Waals surface area contributed by atoms with Crippen molar-refractivity contribution in [2.45, 2.75) is 46.6 Å². The molecule has 5 heteroatoms. The minimum atomic E-state index is -0.165. The molecule has 0 aliphatic heterocycles. The van der Waals surface area contributed by atoms with Crippen LogP contribution in [0.4, 0.5) is 0 Å². The van der Waals surface area contributed by atoms with Gasteiger partial charge in [0.15, 0.2) is 5.76 Å². The van der Waals surface area contributed by atoms with Gasteiger partial charge in [-0.25, -0.2) is 0 Å². The Kier molecular flexibility index (Phi) is 5.42. The average molecular weight is 316 g/mol. The van der Waals surface area contributed by atoms with Crippen LogP contribution in [-0.4, -0.2) is 17.7 Å². The maximum absolute atomic E-state index is 12.6. The van der Waals surface area contributed by atoms with Gasteiger partial charge < -0.3 is 14.6 Å². The average Bonchev–Trinajstić information content (AvgIpc) is 2.90. The van der Waals surface area contributed by atoms with Gasteiger partial charge in [-0.15, -0.1) is 0 Å². The number of aryl methyl sites for hydroxylation is 1. The Morgan fingerprint density at radius 2 is 2.09 bits per heavy atom. The minimum absolute atomic E-state index is 0.105. The zero-order valence-electron chi connectivity index (χ0n) is 14.3. The lowest BCUT2D eigenvalue weighted by Crippen LogP contribution is -2.27. The number of carbonyl (C=O) groups excluding carboxylic acids is 1. The van der Waals surface area contributed by atoms with E-state index in [2.05, 4.69) is 10.5 Å². The lowest BCUT2D eigenvalue weighted by atomic mass is 10.0. The molecule has 0 aliphatic rings. The van der Waals surface area contributed by atoms with Crippen molar-refractivity contribution >= 4 is 5.91 Å². The van der Waals surface area contributed by atoms with E-state index in [1.54, 1.807) is 6.92 Å². The highest BCUT2D eigenvalue weighted by Crippen LogP contribution is 2.24. The molecule has 1 aromatic heterocycles. The van der Waals surface area contributed by atoms with Crippen LogP contribution in [0.3, 0.4) is 0 Å². The highest BCUT2D eigenvalue weighted by atomic mass is 16.5. The van der Waals surface area contributed by atoms with E-state index in [0.717, 1.165) is 11.3 Å². The van der Waals surface area contributed by atoms with Gasteiger partial charge >= 0.3 is 0 Å². The molecule has 1 N–H and O–H groups in total. The molecule has 0 radical (unpaired) electrons. The number of hydrogen-bond donors (Lipinski definition) is 1. The highest BCUT2D eigenvalue weighted by Gasteiger charge is 2.23. The fourth-order valence-corrected chi connectivity index (χ4v) is 2.45. The first-order chi connectivity index (χ1) is 10.9. The van der Waals surface area contributed by atoms with Crippen molar-refractivity contribution in [3.8, 4) is 5.75 Å². The van der Waals surface area contributed by atoms with Crippen LogP contribution in [0.15, 0.2) is 28.8 Å². The van der Waals surface area contributed by atoms with E-state index in [1.165, 1.54) is 0 Å². The van der Waals surface area contributed by atoms with E-state index in [0.29, 0.717) is 23.6 Å². The number of ether oxygens (including phenoxy) is 1. The van der Waals surface area contributed by atoms with Crippen molar-refractivity contribution in [3.05, 3.63) is 46.8 Å². The summed E-state index contributed by atoms with van der Waals surface area (Å²) in [5.74, 6) is 1.36. The van der Waals surface area contributed by atoms with Crippen LogP contribution in [-0.2, 0) is 0 Å². The van der Waals surface area contributed by atoms with Gasteiger partial charge in [0.05, 0.1) is 18.3 Å². The zero-order chi connectivity index (χ0) is 17.0. The Morgan fingerprint density at radius 3 is 2.74 bits per heavy atom. The van der Waals surface area contributed by atoms with Gasteiger partial charge in [0, 0.05) is 5.92 Å². The van der Waals surface area contributed by atoms with Crippen LogP contribution in [0.2, 0.25) is 0 Å². The Labute approximate surface area is 137 Å². The number of hydrogen-bond acceptors (Lipinski definition) is 4. The third kappa shape index (κ3) is 3.92. The van der Waals surface area contributed by atoms with Gasteiger partial charge in [-0.3, -0.25) is 4.79 Å². The molecule has 1 heterocycles. The van der Waals surface area contributed by atoms with Crippen molar-refractivity contribution in [2.75, 3.05) is 6.61 Å². The summed E-state index contributed by atoms with van der Waals surface area (Å²) in [6, 6.07) is 7.60. The van der Waals surface area contributed by atoms with Gasteiger partial charge in [0.1, 0.15) is 11.3 Å². The molecule has 2 rings (SSSR count). The van der Waals surface area contributed by atoms with Crippen LogP contribution >= 0.6 is 0 Å². The van der Waals surface area contributed by atoms with Gasteiger partial charge in [-0.2, -0.15) is 0 Å². The topological polar surface area (TPSA) is 64.4 Å². The van der Waals surface area contributed by atoms with Crippen LogP contribution in [0.1, 0.15) is 67.0 Å². The molecule has 2 aromatic rings. The molecule has 0 fully saturated rings. The monoisotopic (exact) mass is 316 g/mol. The second kappa shape index (κ2) is 7.31. The molecule has 0 spiro atoms. The highest BCUT2D eigenvalue weighted by molar-refractivity contribution is 5.96. The van der Waals surface area contributed by atoms with Gasteiger partial charge in [-0.1, -0.05) is 31.1 Å². The summed E-state index contributed by atoms with van der Waals surface area (Å²) in [7, 11) is 0. The summed E-state index contributed by atoms with van der Waals surface area (Å²) in [4.78, 5) is 12.6. The van der Waals surface area contributed by atoms with E-state index >= 15 is 0 Å². The number of amides is 1. The normalized spacial score (nSPS) is 12.3. The minimum Gasteiger partial charge on any atom is -0.494 e. The predicted molar refractivity (Wildman–Crippen MR) is 88.8 cm³/mol. The molecule has 1 amide bonds. The summed E-state index contributed by atoms with van der Waals surface area (Å²) in [6.07, 6.45) is 0. The van der Waals surface area contributed by atoms with Crippen molar-refractivity contribution < 1.29 is 14.1 Å². The van der Waals surface area contributed by atoms with E-state index in [4.69, 9.17) is 9.26 Å². The van der Waals surface area contributed by atoms with Crippen LogP contribution < -0.4 is 10.1 Å². The van der Waals surface area contributed by atoms with Gasteiger partial charge in [0.25, 0.3) is 5.91 Å². The van der Waals surface area contributed by atoms with Crippen molar-refractivity contribution in [3.63, 3.8) is 0 Å². The standard InChI is InChI=1S/C18H24N2O3/c1-6-22-15-9-7-8-14(10-15)12(4)19-18(21)16-13(5)20-23-17(16)11(2)3/h7-12H,6H2,1-5H3,(H,19,21)/t12-/m1/s1. The second-order valence-electron chi connectivity index (χ2n) is 5.86. The van der Waals surface area contributed by atoms with Crippen LogP contribution in [0.25, 0.3) is 0 Å². The fraction of sp³-hybridized carbons (Fsp3) is 0.444. The summed E-state index contributed by atoms with van der Waals surface area (Å²) in [6.45, 7) is 10.2. The molecular formula is C18H24N2O3. The van der Waals surface area contributed by atoms with Gasteiger partial charge in [0.2, 0.25) is 0 Å². The summed E-state index contributed by atoms with van der Waals surface area (Å²) >= 11 is 0. The summed E-state index contributed by atoms with van der Waals surface area (Å²) in [5.41, 5.74) is 2.14. The van der Waals surface area contributed by atoms with Crippen molar-refractivity contribution in [2.24, 2.45) is 0 Å². The van der Waals surface area contributed by atoms with Crippen molar-refractivity contribution in [1.82, 2.24) is 10.5 Å². The van der Waals surface area contributed by atoms with E-state index in [1.807, 2.05) is 52.0 Å². The number of nitrogens with zero attached hydrogens (tertiary/aromatic N) is 1. The largest absolute Gasteiger partial charge is 0.494 e. The molecule has 0 unspecified atom stereocenters. The molecule has 23 heavy (non-hydrogen) atoms. The first-order valence-corrected chi connectivity index (χ1v) is 7.93. The smallest absolute Gasteiger partial charge is 0.257 e. The van der Waals surface area contributed by atoms with Crippen LogP contribution in [0.5, 0.6) is 5.75 Å². The van der Waals surface area contributed by atoms with E-state index in [9.17, 15) is 4.79 Å². The fourth-order valence-electron chi connectivity index (χ4n) is 2.45. The molecule has 124 valence electrons. The van der Waals surface area contributed by atoms with Crippen molar-refractivity contribution in [1.29, 1.82) is 0 Å². The molecular weight excluding hydrogens is 292 g/mol. The number of rotatable bonds is 6. The number of aromatic nitrogens is 1. The first-order valence-electron chi connectivity index (χ1n) is 7.93. The lowest BCUT2D eigenvalue weighted by molar-refractivity contribution is 0.0936. The Morgan fingerprint density at radius 1 is 1.35 bits per heavy atom. The molecule has 0 bridgehead atoms. The third-order valence-electron chi connectivity index (χ3n) is 3.66. The van der Waals surface area contributed by atoms with E-state index in [-0.39, 0.29) is 17.9 Å². The van der Waals surface area contributed by atoms with E-state index < -0.39 is 0 Å². The molecule has 5 nitrogen and oxygen atoms in total. The molecule has 1 aromatic carbocycles. The number of benzene rings is 1. The van der Waals surface area contributed by atoms with Crippen LogP contribution in [0, 0.1) is 6.92 Å².